The molecule has 0 aliphatic rings. The number of carbonyl (C=O) groups is 2. The van der Waals surface area contributed by atoms with Gasteiger partial charge < -0.3 is 15.0 Å². The Labute approximate surface area is 229 Å². The summed E-state index contributed by atoms with van der Waals surface area (Å²) < 4.78 is 48.3. The van der Waals surface area contributed by atoms with Crippen LogP contribution in [0.3, 0.4) is 0 Å². The van der Waals surface area contributed by atoms with Crippen LogP contribution in [-0.4, -0.2) is 51.4 Å². The molecule has 10 heteroatoms. The van der Waals surface area contributed by atoms with Crippen molar-refractivity contribution in [2.24, 2.45) is 5.92 Å². The molecule has 0 aliphatic carbocycles. The number of carbonyl (C=O) groups excluding carboxylic acids is 2. The Morgan fingerprint density at radius 1 is 0.949 bits per heavy atom. The van der Waals surface area contributed by atoms with E-state index in [0.717, 1.165) is 10.4 Å². The van der Waals surface area contributed by atoms with Gasteiger partial charge in [0.2, 0.25) is 11.8 Å². The highest BCUT2D eigenvalue weighted by Gasteiger charge is 2.33. The fraction of sp³-hybridized carbons (Fsp3) is 0.310. The van der Waals surface area contributed by atoms with Crippen LogP contribution >= 0.6 is 0 Å². The normalized spacial score (nSPS) is 12.1. The SMILES string of the molecule is COc1cccc(CN(C(=O)CN(c2ccccc2F)S(=O)(=O)c2ccccc2)[C@@H](C)C(=O)NCC(C)C)c1. The molecule has 0 saturated carbocycles. The van der Waals surface area contributed by atoms with Crippen LogP contribution < -0.4 is 14.4 Å². The number of anilines is 1. The first-order valence-corrected chi connectivity index (χ1v) is 14.0. The van der Waals surface area contributed by atoms with Gasteiger partial charge >= 0.3 is 0 Å². The molecule has 3 rings (SSSR count). The van der Waals surface area contributed by atoms with E-state index in [9.17, 15) is 22.4 Å². The minimum absolute atomic E-state index is 0.00277. The molecule has 3 aromatic rings. The first-order chi connectivity index (χ1) is 18.5. The summed E-state index contributed by atoms with van der Waals surface area (Å²) >= 11 is 0. The van der Waals surface area contributed by atoms with Gasteiger partial charge in [0.05, 0.1) is 17.7 Å². The van der Waals surface area contributed by atoms with E-state index in [0.29, 0.717) is 17.9 Å². The molecule has 0 heterocycles. The minimum atomic E-state index is -4.33. The van der Waals surface area contributed by atoms with Crippen molar-refractivity contribution in [3.63, 3.8) is 0 Å². The third kappa shape index (κ3) is 7.57. The summed E-state index contributed by atoms with van der Waals surface area (Å²) in [6.45, 7) is 5.17. The summed E-state index contributed by atoms with van der Waals surface area (Å²) in [4.78, 5) is 28.1. The number of sulfonamides is 1. The highest BCUT2D eigenvalue weighted by Crippen LogP contribution is 2.27. The number of nitrogens with zero attached hydrogens (tertiary/aromatic N) is 2. The molecule has 1 N–H and O–H groups in total. The number of hydrogen-bond donors (Lipinski definition) is 1. The molecule has 8 nitrogen and oxygen atoms in total. The average Bonchev–Trinajstić information content (AvgIpc) is 2.93. The van der Waals surface area contributed by atoms with E-state index in [-0.39, 0.29) is 29.0 Å². The van der Waals surface area contributed by atoms with Crippen molar-refractivity contribution in [1.82, 2.24) is 10.2 Å². The van der Waals surface area contributed by atoms with Gasteiger partial charge in [-0.25, -0.2) is 12.8 Å². The molecule has 0 saturated heterocycles. The van der Waals surface area contributed by atoms with Crippen molar-refractivity contribution in [1.29, 1.82) is 0 Å². The topological polar surface area (TPSA) is 96.0 Å². The lowest BCUT2D eigenvalue weighted by Crippen LogP contribution is -2.51. The van der Waals surface area contributed by atoms with Crippen LogP contribution in [0.5, 0.6) is 5.75 Å². The van der Waals surface area contributed by atoms with Gasteiger partial charge in [0.25, 0.3) is 10.0 Å². The lowest BCUT2D eigenvalue weighted by atomic mass is 10.1. The van der Waals surface area contributed by atoms with Gasteiger partial charge in [0, 0.05) is 13.1 Å². The summed E-state index contributed by atoms with van der Waals surface area (Å²) in [6, 6.07) is 18.9. The predicted molar refractivity (Wildman–Crippen MR) is 148 cm³/mol. The van der Waals surface area contributed by atoms with E-state index >= 15 is 0 Å². The first-order valence-electron chi connectivity index (χ1n) is 12.6. The maximum Gasteiger partial charge on any atom is 0.264 e. The van der Waals surface area contributed by atoms with E-state index < -0.39 is 34.3 Å². The molecule has 0 aliphatic heterocycles. The van der Waals surface area contributed by atoms with Crippen molar-refractivity contribution in [2.75, 3.05) is 24.5 Å². The highest BCUT2D eigenvalue weighted by atomic mass is 32.2. The second kappa shape index (κ2) is 13.2. The largest absolute Gasteiger partial charge is 0.497 e. The molecule has 0 radical (unpaired) electrons. The number of nitrogens with one attached hydrogen (secondary N) is 1. The van der Waals surface area contributed by atoms with Crippen LogP contribution in [0, 0.1) is 11.7 Å². The number of ether oxygens (including phenoxy) is 1. The summed E-state index contributed by atoms with van der Waals surface area (Å²) in [7, 11) is -2.81. The van der Waals surface area contributed by atoms with Crippen LogP contribution in [0.2, 0.25) is 0 Å². The quantitative estimate of drug-likeness (QED) is 0.361. The van der Waals surface area contributed by atoms with Gasteiger partial charge in [0.15, 0.2) is 0 Å². The molecular formula is C29H34FN3O5S. The zero-order valence-corrected chi connectivity index (χ0v) is 23.3. The van der Waals surface area contributed by atoms with Gasteiger partial charge in [-0.3, -0.25) is 13.9 Å². The number of benzene rings is 3. The maximum absolute atomic E-state index is 14.9. The number of amides is 2. The maximum atomic E-state index is 14.9. The predicted octanol–water partition coefficient (Wildman–Crippen LogP) is 4.22. The lowest BCUT2D eigenvalue weighted by Gasteiger charge is -2.32. The van der Waals surface area contributed by atoms with Gasteiger partial charge in [0.1, 0.15) is 24.2 Å². The van der Waals surface area contributed by atoms with Gasteiger partial charge in [-0.15, -0.1) is 0 Å². The molecule has 0 aromatic heterocycles. The van der Waals surface area contributed by atoms with Crippen molar-refractivity contribution in [2.45, 2.75) is 38.3 Å². The van der Waals surface area contributed by atoms with Crippen molar-refractivity contribution in [3.8, 4) is 5.75 Å². The van der Waals surface area contributed by atoms with Crippen molar-refractivity contribution >= 4 is 27.5 Å². The molecule has 0 fully saturated rings. The van der Waals surface area contributed by atoms with E-state index in [1.807, 2.05) is 13.8 Å². The Morgan fingerprint density at radius 3 is 2.26 bits per heavy atom. The second-order valence-corrected chi connectivity index (χ2v) is 11.3. The number of methoxy groups -OCH3 is 1. The van der Waals surface area contributed by atoms with Crippen LogP contribution in [0.1, 0.15) is 26.3 Å². The highest BCUT2D eigenvalue weighted by molar-refractivity contribution is 7.92. The summed E-state index contributed by atoms with van der Waals surface area (Å²) in [5.41, 5.74) is 0.405. The summed E-state index contributed by atoms with van der Waals surface area (Å²) in [5, 5.41) is 2.83. The van der Waals surface area contributed by atoms with E-state index in [1.165, 1.54) is 42.3 Å². The third-order valence-electron chi connectivity index (χ3n) is 6.07. The summed E-state index contributed by atoms with van der Waals surface area (Å²) in [5.74, 6) is -1.10. The number of hydrogen-bond acceptors (Lipinski definition) is 5. The molecule has 1 atom stereocenters. The van der Waals surface area contributed by atoms with Gasteiger partial charge in [-0.05, 0) is 54.8 Å². The average molecular weight is 556 g/mol. The minimum Gasteiger partial charge on any atom is -0.497 e. The Hall–Kier alpha value is -3.92. The van der Waals surface area contributed by atoms with E-state index in [4.69, 9.17) is 4.74 Å². The van der Waals surface area contributed by atoms with Gasteiger partial charge in [-0.1, -0.05) is 56.3 Å². The number of rotatable bonds is 12. The monoisotopic (exact) mass is 555 g/mol. The number of halogens is 1. The Balaban J connectivity index is 2.02. The second-order valence-electron chi connectivity index (χ2n) is 9.46. The summed E-state index contributed by atoms with van der Waals surface area (Å²) in [6.07, 6.45) is 0. The molecule has 2 amide bonds. The molecule has 0 unspecified atom stereocenters. The fourth-order valence-electron chi connectivity index (χ4n) is 3.89. The van der Waals surface area contributed by atoms with Crippen LogP contribution in [0.15, 0.2) is 83.8 Å². The molecule has 208 valence electrons. The van der Waals surface area contributed by atoms with Crippen molar-refractivity contribution < 1.29 is 27.1 Å². The van der Waals surface area contributed by atoms with Crippen LogP contribution in [-0.2, 0) is 26.2 Å². The fourth-order valence-corrected chi connectivity index (χ4v) is 5.33. The van der Waals surface area contributed by atoms with Crippen LogP contribution in [0.25, 0.3) is 0 Å². The molecule has 39 heavy (non-hydrogen) atoms. The molecule has 3 aromatic carbocycles. The Bertz CT molecular complexity index is 1380. The standard InChI is InChI=1S/C29H34FN3O5S/c1-21(2)18-31-29(35)22(3)32(19-23-11-10-12-24(17-23)38-4)28(34)20-33(27-16-9-8-15-26(27)30)39(36,37)25-13-6-5-7-14-25/h5-17,21-22H,18-20H2,1-4H3,(H,31,35)/t22-/m0/s1. The van der Waals surface area contributed by atoms with Crippen LogP contribution in [0.4, 0.5) is 10.1 Å². The lowest BCUT2D eigenvalue weighted by molar-refractivity contribution is -0.139. The molecule has 0 bridgehead atoms. The first kappa shape index (κ1) is 29.6. The smallest absolute Gasteiger partial charge is 0.264 e. The zero-order chi connectivity index (χ0) is 28.6. The molecular weight excluding hydrogens is 521 g/mol. The van der Waals surface area contributed by atoms with Gasteiger partial charge in [-0.2, -0.15) is 0 Å². The number of para-hydroxylation sites is 1. The van der Waals surface area contributed by atoms with Crippen molar-refractivity contribution in [3.05, 3.63) is 90.2 Å². The Kier molecular flexibility index (Phi) is 10.1. The van der Waals surface area contributed by atoms with E-state index in [1.54, 1.807) is 49.4 Å². The molecule has 0 spiro atoms. The Morgan fingerprint density at radius 2 is 1.62 bits per heavy atom. The van der Waals surface area contributed by atoms with E-state index in [2.05, 4.69) is 5.32 Å². The zero-order valence-electron chi connectivity index (χ0n) is 22.5. The third-order valence-corrected chi connectivity index (χ3v) is 7.84.